The lowest BCUT2D eigenvalue weighted by atomic mass is 10.1. The summed E-state index contributed by atoms with van der Waals surface area (Å²) in [6.07, 6.45) is -0.329. The van der Waals surface area contributed by atoms with Crippen molar-refractivity contribution in [2.45, 2.75) is 13.1 Å². The van der Waals surface area contributed by atoms with E-state index in [-0.39, 0.29) is 36.6 Å². The van der Waals surface area contributed by atoms with Crippen LogP contribution in [0, 0.1) is 0 Å². The number of hydrogen-bond acceptors (Lipinski definition) is 5. The number of anilines is 1. The third-order valence-electron chi connectivity index (χ3n) is 4.92. The number of allylic oxidation sites excluding steroid dienone is 2. The molecule has 1 saturated heterocycles. The number of carbonyl (C=O) groups is 2. The third-order valence-corrected chi connectivity index (χ3v) is 4.92. The molecule has 1 fully saturated rings. The maximum Gasteiger partial charge on any atom is 0.416 e. The van der Waals surface area contributed by atoms with Gasteiger partial charge in [-0.15, -0.1) is 0 Å². The van der Waals surface area contributed by atoms with Crippen molar-refractivity contribution in [2.75, 3.05) is 44.9 Å². The minimum Gasteiger partial charge on any atom is -0.495 e. The van der Waals surface area contributed by atoms with Gasteiger partial charge in [-0.05, 0) is 30.7 Å². The summed E-state index contributed by atoms with van der Waals surface area (Å²) in [4.78, 5) is 27.5. The summed E-state index contributed by atoms with van der Waals surface area (Å²) in [6, 6.07) is 2.37. The molecule has 1 heterocycles. The van der Waals surface area contributed by atoms with E-state index < -0.39 is 23.7 Å². The molecular weight excluding hydrogens is 443 g/mol. The molecule has 1 aliphatic heterocycles. The highest BCUT2D eigenvalue weighted by atomic mass is 19.4. The van der Waals surface area contributed by atoms with Crippen molar-refractivity contribution in [2.24, 2.45) is 0 Å². The molecule has 180 valence electrons. The van der Waals surface area contributed by atoms with Crippen LogP contribution in [-0.2, 0) is 15.7 Å². The lowest BCUT2D eigenvalue weighted by molar-refractivity contribution is -0.137. The number of benzene rings is 1. The van der Waals surface area contributed by atoms with Crippen molar-refractivity contribution in [1.82, 2.24) is 10.4 Å². The van der Waals surface area contributed by atoms with Crippen molar-refractivity contribution in [3.63, 3.8) is 0 Å². The molecule has 1 aromatic rings. The number of hydrogen-bond donors (Lipinski definition) is 2. The smallest absolute Gasteiger partial charge is 0.416 e. The number of amides is 3. The molecule has 11 heteroatoms. The third kappa shape index (κ3) is 6.83. The molecule has 0 aromatic heterocycles. The van der Waals surface area contributed by atoms with Gasteiger partial charge in [0.2, 0.25) is 0 Å². The number of carbonyl (C=O) groups excluding carboxylic acids is 2. The monoisotopic (exact) mass is 469 g/mol. The van der Waals surface area contributed by atoms with Crippen LogP contribution in [0.2, 0.25) is 0 Å². The van der Waals surface area contributed by atoms with Gasteiger partial charge in [0.15, 0.2) is 0 Å². The van der Waals surface area contributed by atoms with Crippen LogP contribution in [0.4, 0.5) is 23.7 Å². The first-order valence-corrected chi connectivity index (χ1v) is 9.96. The van der Waals surface area contributed by atoms with Gasteiger partial charge in [0, 0.05) is 18.7 Å². The van der Waals surface area contributed by atoms with Gasteiger partial charge in [0.05, 0.1) is 38.1 Å². The number of nitrogens with one attached hydrogen (secondary N) is 1. The van der Waals surface area contributed by atoms with E-state index in [0.29, 0.717) is 18.8 Å². The van der Waals surface area contributed by atoms with Crippen LogP contribution in [0.3, 0.4) is 0 Å². The first-order chi connectivity index (χ1) is 15.6. The Bertz CT molecular complexity index is 938. The van der Waals surface area contributed by atoms with Crippen molar-refractivity contribution >= 4 is 17.6 Å². The predicted molar refractivity (Wildman–Crippen MR) is 115 cm³/mol. The zero-order chi connectivity index (χ0) is 24.6. The zero-order valence-electron chi connectivity index (χ0n) is 18.3. The summed E-state index contributed by atoms with van der Waals surface area (Å²) in [5, 5.41) is 8.73. The van der Waals surface area contributed by atoms with E-state index in [1.165, 1.54) is 47.5 Å². The van der Waals surface area contributed by atoms with E-state index in [2.05, 4.69) is 6.58 Å². The Balaban J connectivity index is 2.53. The number of nitrogens with zero attached hydrogens (tertiary/aromatic N) is 2. The molecule has 2 N–H and O–H groups in total. The quantitative estimate of drug-likeness (QED) is 0.276. The normalized spacial score (nSPS) is 15.2. The van der Waals surface area contributed by atoms with Gasteiger partial charge in [-0.3, -0.25) is 14.9 Å². The van der Waals surface area contributed by atoms with Gasteiger partial charge < -0.3 is 14.4 Å². The molecule has 8 nitrogen and oxygen atoms in total. The largest absolute Gasteiger partial charge is 0.495 e. The number of halogens is 3. The number of rotatable bonds is 7. The Morgan fingerprint density at radius 1 is 1.30 bits per heavy atom. The predicted octanol–water partition coefficient (Wildman–Crippen LogP) is 3.54. The van der Waals surface area contributed by atoms with E-state index in [1.807, 2.05) is 0 Å². The highest BCUT2D eigenvalue weighted by molar-refractivity contribution is 5.94. The Labute approximate surface area is 189 Å². The zero-order valence-corrected chi connectivity index (χ0v) is 18.3. The summed E-state index contributed by atoms with van der Waals surface area (Å²) < 4.78 is 50.7. The standard InChI is InChI=1S/C22H26F3N3O5/c1-4-16(6-5-15(2)20(29)26-31)14-28(21(30)27-9-11-33-12-10-27)18-13-17(22(23,24)25)7-8-19(18)32-3/h4-8,13,31H,1,9-12,14H2,2-3H3,(H,26,29)/b15-5+,16-6+. The van der Waals surface area contributed by atoms with Crippen LogP contribution < -0.4 is 15.1 Å². The number of hydroxylamine groups is 1. The van der Waals surface area contributed by atoms with Crippen LogP contribution in [0.15, 0.2) is 54.2 Å². The fourth-order valence-corrected chi connectivity index (χ4v) is 3.02. The van der Waals surface area contributed by atoms with Crippen molar-refractivity contribution < 1.29 is 37.4 Å². The SMILES string of the molecule is C=C/C(=C\C=C(/C)C(=O)NO)CN(C(=O)N1CCOCC1)c1cc(C(F)(F)F)ccc1OC. The van der Waals surface area contributed by atoms with Gasteiger partial charge in [-0.2, -0.15) is 13.2 Å². The molecular formula is C22H26F3N3O5. The Morgan fingerprint density at radius 2 is 1.97 bits per heavy atom. The van der Waals surface area contributed by atoms with Gasteiger partial charge in [-0.1, -0.05) is 24.8 Å². The molecule has 2 rings (SSSR count). The summed E-state index contributed by atoms with van der Waals surface area (Å²) in [5.74, 6) is -0.644. The van der Waals surface area contributed by atoms with Crippen LogP contribution in [-0.4, -0.2) is 62.0 Å². The first-order valence-electron chi connectivity index (χ1n) is 9.96. The van der Waals surface area contributed by atoms with E-state index in [1.54, 1.807) is 0 Å². The van der Waals surface area contributed by atoms with Crippen LogP contribution in [0.25, 0.3) is 0 Å². The number of methoxy groups -OCH3 is 1. The number of morpholine rings is 1. The van der Waals surface area contributed by atoms with Gasteiger partial charge in [0.1, 0.15) is 5.75 Å². The molecule has 33 heavy (non-hydrogen) atoms. The fourth-order valence-electron chi connectivity index (χ4n) is 3.02. The Morgan fingerprint density at radius 3 is 2.52 bits per heavy atom. The first kappa shape index (κ1) is 25.9. The van der Waals surface area contributed by atoms with Crippen LogP contribution >= 0.6 is 0 Å². The Hall–Kier alpha value is -3.31. The molecule has 0 spiro atoms. The van der Waals surface area contributed by atoms with Crippen LogP contribution in [0.1, 0.15) is 12.5 Å². The fraction of sp³-hybridized carbons (Fsp3) is 0.364. The number of ether oxygens (including phenoxy) is 2. The minimum absolute atomic E-state index is 0.0645. The lowest BCUT2D eigenvalue weighted by Crippen LogP contribution is -2.49. The van der Waals surface area contributed by atoms with Crippen molar-refractivity contribution in [3.8, 4) is 5.75 Å². The van der Waals surface area contributed by atoms with Gasteiger partial charge >= 0.3 is 12.2 Å². The van der Waals surface area contributed by atoms with Crippen molar-refractivity contribution in [3.05, 3.63) is 59.7 Å². The number of urea groups is 1. The van der Waals surface area contributed by atoms with Crippen LogP contribution in [0.5, 0.6) is 5.75 Å². The van der Waals surface area contributed by atoms with Gasteiger partial charge in [0.25, 0.3) is 5.91 Å². The van der Waals surface area contributed by atoms with E-state index in [0.717, 1.165) is 18.2 Å². The maximum absolute atomic E-state index is 13.4. The van der Waals surface area contributed by atoms with E-state index in [4.69, 9.17) is 14.7 Å². The summed E-state index contributed by atoms with van der Waals surface area (Å²) in [5.41, 5.74) is 1.10. The molecule has 1 aromatic carbocycles. The van der Waals surface area contributed by atoms with E-state index in [9.17, 15) is 22.8 Å². The molecule has 3 amide bonds. The van der Waals surface area contributed by atoms with Crippen molar-refractivity contribution in [1.29, 1.82) is 0 Å². The maximum atomic E-state index is 13.4. The highest BCUT2D eigenvalue weighted by Gasteiger charge is 2.33. The van der Waals surface area contributed by atoms with E-state index >= 15 is 0 Å². The summed E-state index contributed by atoms with van der Waals surface area (Å²) in [7, 11) is 1.30. The topological polar surface area (TPSA) is 91.3 Å². The second kappa shape index (κ2) is 11.5. The second-order valence-corrected chi connectivity index (χ2v) is 7.09. The summed E-state index contributed by atoms with van der Waals surface area (Å²) in [6.45, 7) is 6.16. The molecule has 0 unspecified atom stereocenters. The highest BCUT2D eigenvalue weighted by Crippen LogP contribution is 2.37. The molecule has 0 saturated carbocycles. The number of alkyl halides is 3. The molecule has 0 bridgehead atoms. The second-order valence-electron chi connectivity index (χ2n) is 7.09. The average Bonchev–Trinajstić information content (AvgIpc) is 2.82. The summed E-state index contributed by atoms with van der Waals surface area (Å²) >= 11 is 0. The molecule has 0 radical (unpaired) electrons. The Kier molecular flexibility index (Phi) is 9.06. The molecule has 0 atom stereocenters. The minimum atomic E-state index is -4.62. The average molecular weight is 469 g/mol. The lowest BCUT2D eigenvalue weighted by Gasteiger charge is -2.34. The molecule has 1 aliphatic rings. The molecule has 0 aliphatic carbocycles. The van der Waals surface area contributed by atoms with Gasteiger partial charge in [-0.25, -0.2) is 10.3 Å².